The Morgan fingerprint density at radius 2 is 1.80 bits per heavy atom. The summed E-state index contributed by atoms with van der Waals surface area (Å²) in [6.45, 7) is 4.04. The highest BCUT2D eigenvalue weighted by molar-refractivity contribution is 7.90. The van der Waals surface area contributed by atoms with Crippen molar-refractivity contribution in [2.75, 3.05) is 11.9 Å². The monoisotopic (exact) mass is 642 g/mol. The molecule has 5 aromatic rings. The van der Waals surface area contributed by atoms with Crippen molar-refractivity contribution < 1.29 is 22.3 Å². The summed E-state index contributed by atoms with van der Waals surface area (Å²) in [5, 5.41) is 8.82. The third-order valence-electron chi connectivity index (χ3n) is 10.0. The molecule has 4 aliphatic rings. The molecule has 4 heterocycles. The maximum atomic E-state index is 14.7. The second kappa shape index (κ2) is 10.9. The number of hydrogen-bond donors (Lipinski definition) is 1. The van der Waals surface area contributed by atoms with E-state index in [4.69, 9.17) is 14.8 Å². The lowest BCUT2D eigenvalue weighted by Crippen LogP contribution is -2.52. The van der Waals surface area contributed by atoms with Crippen LogP contribution in [0.5, 0.6) is 0 Å². The molecule has 1 N–H and O–H groups in total. The van der Waals surface area contributed by atoms with Gasteiger partial charge in [0.1, 0.15) is 11.3 Å². The molecule has 0 radical (unpaired) electrons. The minimum atomic E-state index is -4.08. The van der Waals surface area contributed by atoms with E-state index in [1.165, 1.54) is 12.3 Å². The van der Waals surface area contributed by atoms with E-state index < -0.39 is 15.8 Å². The zero-order valence-electron chi connectivity index (χ0n) is 25.7. The van der Waals surface area contributed by atoms with Crippen LogP contribution in [-0.2, 0) is 19.6 Å². The number of halogens is 1. The van der Waals surface area contributed by atoms with Crippen molar-refractivity contribution in [2.45, 2.75) is 69.2 Å². The van der Waals surface area contributed by atoms with E-state index in [2.05, 4.69) is 16.4 Å². The molecule has 2 bridgehead atoms. The summed E-state index contributed by atoms with van der Waals surface area (Å²) in [6, 6.07) is 9.70. The van der Waals surface area contributed by atoms with E-state index in [9.17, 15) is 17.6 Å². The Morgan fingerprint density at radius 1 is 1.07 bits per heavy atom. The number of aryl methyl sites for hydroxylation is 1. The van der Waals surface area contributed by atoms with Crippen LogP contribution in [-0.4, -0.2) is 50.6 Å². The van der Waals surface area contributed by atoms with Crippen molar-refractivity contribution >= 4 is 38.4 Å². The number of esters is 1. The SMILES string of the molecule is CCOC(=O)[C@@H]1C2CCC(CC2)[C@H]1Nc1nc(-c2cn(S(=O)(=O)c3ccc(C)cc3)c3ncc(F)cc23)nn2ccc(C3CC3)c12. The molecule has 4 fully saturated rings. The highest BCUT2D eigenvalue weighted by Crippen LogP contribution is 2.48. The fourth-order valence-electron chi connectivity index (χ4n) is 7.62. The first-order chi connectivity index (χ1) is 22.2. The summed E-state index contributed by atoms with van der Waals surface area (Å²) >= 11 is 0. The lowest BCUT2D eigenvalue weighted by atomic mass is 9.61. The van der Waals surface area contributed by atoms with Gasteiger partial charge in [0.15, 0.2) is 17.3 Å². The number of rotatable bonds is 8. The summed E-state index contributed by atoms with van der Waals surface area (Å²) in [6.07, 6.45) is 10.5. The van der Waals surface area contributed by atoms with Crippen LogP contribution in [0.1, 0.15) is 62.5 Å². The molecule has 4 saturated carbocycles. The van der Waals surface area contributed by atoms with Gasteiger partial charge in [-0.05, 0) is 100.0 Å². The van der Waals surface area contributed by atoms with Gasteiger partial charge in [-0.3, -0.25) is 4.79 Å². The zero-order chi connectivity index (χ0) is 31.7. The van der Waals surface area contributed by atoms with Crippen LogP contribution < -0.4 is 5.32 Å². The molecule has 4 aromatic heterocycles. The minimum Gasteiger partial charge on any atom is -0.466 e. The number of nitrogens with one attached hydrogen (secondary N) is 1. The number of carbonyl (C=O) groups is 1. The fourth-order valence-corrected chi connectivity index (χ4v) is 8.94. The van der Waals surface area contributed by atoms with E-state index in [-0.39, 0.29) is 51.5 Å². The second-order valence-corrected chi connectivity index (χ2v) is 14.7. The number of benzene rings is 1. The Hall–Kier alpha value is -4.32. The fraction of sp³-hybridized carbons (Fsp3) is 0.412. The molecule has 10 nitrogen and oxygen atoms in total. The third-order valence-corrected chi connectivity index (χ3v) is 11.7. The lowest BCUT2D eigenvalue weighted by molar-refractivity contribution is -0.154. The molecule has 0 spiro atoms. The molecule has 4 aliphatic carbocycles. The minimum absolute atomic E-state index is 0.0772. The van der Waals surface area contributed by atoms with Crippen LogP contribution in [0, 0.1) is 30.5 Å². The van der Waals surface area contributed by atoms with Crippen molar-refractivity contribution in [3.8, 4) is 11.4 Å². The molecule has 46 heavy (non-hydrogen) atoms. The molecule has 12 heteroatoms. The molecule has 0 amide bonds. The standard InChI is InChI=1S/C34H35FN6O4S/c1-3-45-34(42)28-21-8-10-22(11-9-21)29(28)37-32-30-25(20-6-7-20)14-15-40(30)39-31(38-32)27-18-41(33-26(27)16-23(35)17-36-33)46(43,44)24-12-4-19(2)5-13-24/h4-5,12-18,20-22,28-29H,3,6-11H2,1-2H3,(H,37,38,39)/t21?,22?,28-,29-/m1/s1. The maximum absolute atomic E-state index is 14.7. The summed E-state index contributed by atoms with van der Waals surface area (Å²) in [4.78, 5) is 22.6. The van der Waals surface area contributed by atoms with Gasteiger partial charge in [-0.25, -0.2) is 31.3 Å². The van der Waals surface area contributed by atoms with Crippen LogP contribution in [0.15, 0.2) is 59.9 Å². The number of pyridine rings is 1. The summed E-state index contributed by atoms with van der Waals surface area (Å²) in [5.74, 6) is 0.667. The van der Waals surface area contributed by atoms with E-state index in [0.29, 0.717) is 23.9 Å². The van der Waals surface area contributed by atoms with Crippen LogP contribution in [0.4, 0.5) is 10.2 Å². The van der Waals surface area contributed by atoms with Gasteiger partial charge in [0.2, 0.25) is 0 Å². The van der Waals surface area contributed by atoms with Gasteiger partial charge < -0.3 is 10.1 Å². The summed E-state index contributed by atoms with van der Waals surface area (Å²) in [7, 11) is -4.08. The molecule has 2 atom stereocenters. The molecule has 1 aromatic carbocycles. The number of nitrogens with zero attached hydrogens (tertiary/aromatic N) is 5. The smallest absolute Gasteiger partial charge is 0.311 e. The maximum Gasteiger partial charge on any atom is 0.311 e. The predicted octanol–water partition coefficient (Wildman–Crippen LogP) is 6.09. The van der Waals surface area contributed by atoms with E-state index in [1.807, 2.05) is 20.0 Å². The first-order valence-electron chi connectivity index (χ1n) is 16.0. The van der Waals surface area contributed by atoms with E-state index >= 15 is 0 Å². The topological polar surface area (TPSA) is 120 Å². The van der Waals surface area contributed by atoms with E-state index in [0.717, 1.165) is 65.3 Å². The Bertz CT molecular complexity index is 2100. The van der Waals surface area contributed by atoms with E-state index in [1.54, 1.807) is 28.8 Å². The van der Waals surface area contributed by atoms with Gasteiger partial charge >= 0.3 is 5.97 Å². The van der Waals surface area contributed by atoms with Gasteiger partial charge in [0.05, 0.1) is 23.6 Å². The molecular formula is C34H35FN6O4S. The van der Waals surface area contributed by atoms with Gasteiger partial charge in [-0.2, -0.15) is 0 Å². The van der Waals surface area contributed by atoms with Crippen LogP contribution in [0.2, 0.25) is 0 Å². The molecular weight excluding hydrogens is 607 g/mol. The number of hydrogen-bond acceptors (Lipinski definition) is 8. The predicted molar refractivity (Wildman–Crippen MR) is 170 cm³/mol. The van der Waals surface area contributed by atoms with Crippen molar-refractivity contribution in [1.29, 1.82) is 0 Å². The number of ether oxygens (including phenoxy) is 1. The molecule has 0 aliphatic heterocycles. The first kappa shape index (κ1) is 29.1. The second-order valence-electron chi connectivity index (χ2n) is 12.9. The normalized spacial score (nSPS) is 22.8. The van der Waals surface area contributed by atoms with Gasteiger partial charge in [-0.15, -0.1) is 5.10 Å². The molecule has 0 unspecified atom stereocenters. The first-order valence-corrected chi connectivity index (χ1v) is 17.5. The van der Waals surface area contributed by atoms with Crippen LogP contribution >= 0.6 is 0 Å². The van der Waals surface area contributed by atoms with Crippen molar-refractivity contribution in [3.63, 3.8) is 0 Å². The average molecular weight is 643 g/mol. The molecule has 0 saturated heterocycles. The summed E-state index contributed by atoms with van der Waals surface area (Å²) in [5.41, 5.74) is 3.31. The Labute approximate surface area is 266 Å². The number of aromatic nitrogens is 5. The number of anilines is 1. The average Bonchev–Trinajstić information content (AvgIpc) is 3.68. The Kier molecular flexibility index (Phi) is 6.89. The van der Waals surface area contributed by atoms with Crippen molar-refractivity contribution in [2.24, 2.45) is 17.8 Å². The van der Waals surface area contributed by atoms with Crippen molar-refractivity contribution in [1.82, 2.24) is 23.6 Å². The Morgan fingerprint density at radius 3 is 2.52 bits per heavy atom. The Balaban J connectivity index is 1.29. The van der Waals surface area contributed by atoms with Gasteiger partial charge in [-0.1, -0.05) is 17.7 Å². The van der Waals surface area contributed by atoms with Crippen LogP contribution in [0.25, 0.3) is 27.9 Å². The molecule has 238 valence electrons. The summed E-state index contributed by atoms with van der Waals surface area (Å²) < 4.78 is 50.8. The quantitative estimate of drug-likeness (QED) is 0.202. The highest BCUT2D eigenvalue weighted by Gasteiger charge is 2.48. The van der Waals surface area contributed by atoms with Crippen molar-refractivity contribution in [3.05, 3.63) is 71.9 Å². The third kappa shape index (κ3) is 4.76. The lowest BCUT2D eigenvalue weighted by Gasteiger charge is -2.47. The van der Waals surface area contributed by atoms with Crippen LogP contribution in [0.3, 0.4) is 0 Å². The molecule has 9 rings (SSSR count). The highest BCUT2D eigenvalue weighted by atomic mass is 32.2. The van der Waals surface area contributed by atoms with Gasteiger partial charge in [0, 0.05) is 29.4 Å². The van der Waals surface area contributed by atoms with Gasteiger partial charge in [0.25, 0.3) is 10.0 Å². The number of carbonyl (C=O) groups excluding carboxylic acids is 1. The number of fused-ring (bicyclic) bond motifs is 5. The zero-order valence-corrected chi connectivity index (χ0v) is 26.5. The largest absolute Gasteiger partial charge is 0.466 e.